The zero-order chi connectivity index (χ0) is 21.1. The van der Waals surface area contributed by atoms with Crippen LogP contribution in [0.3, 0.4) is 0 Å². The summed E-state index contributed by atoms with van der Waals surface area (Å²) in [4.78, 5) is 1.23. The van der Waals surface area contributed by atoms with Gasteiger partial charge in [-0.2, -0.15) is 5.06 Å². The molecule has 2 aliphatic rings. The SMILES string of the molecule is CSc1ccc(C=C2C(C)=C(CCN(O)C3CCCCO3)c3cc(F)ccc32)cc1. The molecule has 1 unspecified atom stereocenters. The number of thioether (sulfide) groups is 1. The van der Waals surface area contributed by atoms with Gasteiger partial charge in [0.15, 0.2) is 0 Å². The van der Waals surface area contributed by atoms with Crippen LogP contribution >= 0.6 is 11.8 Å². The maximum atomic E-state index is 14.1. The van der Waals surface area contributed by atoms with Gasteiger partial charge < -0.3 is 9.94 Å². The van der Waals surface area contributed by atoms with Gasteiger partial charge in [0, 0.05) is 18.0 Å². The fraction of sp³-hybridized carbons (Fsp3) is 0.360. The molecule has 0 amide bonds. The van der Waals surface area contributed by atoms with Crippen LogP contribution in [0.15, 0.2) is 52.9 Å². The molecule has 4 rings (SSSR count). The van der Waals surface area contributed by atoms with Crippen LogP contribution in [-0.2, 0) is 4.74 Å². The van der Waals surface area contributed by atoms with Crippen molar-refractivity contribution in [1.82, 2.24) is 5.06 Å². The van der Waals surface area contributed by atoms with Gasteiger partial charge in [-0.25, -0.2) is 4.39 Å². The maximum absolute atomic E-state index is 14.1. The van der Waals surface area contributed by atoms with E-state index in [1.165, 1.54) is 16.0 Å². The molecular formula is C25H28FNO2S. The van der Waals surface area contributed by atoms with Gasteiger partial charge in [-0.05, 0) is 103 Å². The number of hydroxylamine groups is 2. The molecule has 0 saturated carbocycles. The second-order valence-corrected chi connectivity index (χ2v) is 8.74. The van der Waals surface area contributed by atoms with Crippen molar-refractivity contribution in [2.75, 3.05) is 19.4 Å². The van der Waals surface area contributed by atoms with E-state index in [0.29, 0.717) is 19.6 Å². The van der Waals surface area contributed by atoms with Crippen molar-refractivity contribution in [3.05, 3.63) is 70.5 Å². The summed E-state index contributed by atoms with van der Waals surface area (Å²) in [6.45, 7) is 3.25. The molecule has 2 aromatic rings. The Morgan fingerprint density at radius 2 is 1.97 bits per heavy atom. The molecule has 0 radical (unpaired) electrons. The summed E-state index contributed by atoms with van der Waals surface area (Å²) < 4.78 is 19.7. The predicted molar refractivity (Wildman–Crippen MR) is 122 cm³/mol. The number of allylic oxidation sites excluding steroid dienone is 2. The van der Waals surface area contributed by atoms with Gasteiger partial charge in [-0.3, -0.25) is 0 Å². The molecule has 1 aliphatic carbocycles. The lowest BCUT2D eigenvalue weighted by molar-refractivity contribution is -0.226. The van der Waals surface area contributed by atoms with E-state index in [0.717, 1.165) is 52.7 Å². The molecule has 5 heteroatoms. The van der Waals surface area contributed by atoms with Gasteiger partial charge in [0.2, 0.25) is 0 Å². The molecular weight excluding hydrogens is 397 g/mol. The van der Waals surface area contributed by atoms with Gasteiger partial charge >= 0.3 is 0 Å². The largest absolute Gasteiger partial charge is 0.361 e. The summed E-state index contributed by atoms with van der Waals surface area (Å²) >= 11 is 1.72. The number of hydrogen-bond donors (Lipinski definition) is 1. The fourth-order valence-electron chi connectivity index (χ4n) is 4.27. The lowest BCUT2D eigenvalue weighted by Gasteiger charge is -2.29. The Bertz CT molecular complexity index is 962. The summed E-state index contributed by atoms with van der Waals surface area (Å²) in [7, 11) is 0. The van der Waals surface area contributed by atoms with Crippen molar-refractivity contribution in [3.8, 4) is 0 Å². The van der Waals surface area contributed by atoms with Gasteiger partial charge in [0.05, 0.1) is 0 Å². The number of benzene rings is 2. The Morgan fingerprint density at radius 3 is 2.67 bits per heavy atom. The van der Waals surface area contributed by atoms with Crippen molar-refractivity contribution >= 4 is 29.0 Å². The van der Waals surface area contributed by atoms with E-state index in [-0.39, 0.29) is 12.0 Å². The first-order chi connectivity index (χ1) is 14.6. The Kier molecular flexibility index (Phi) is 6.74. The summed E-state index contributed by atoms with van der Waals surface area (Å²) in [5, 5.41) is 11.8. The van der Waals surface area contributed by atoms with Crippen LogP contribution in [0.25, 0.3) is 17.2 Å². The van der Waals surface area contributed by atoms with E-state index in [2.05, 4.69) is 43.5 Å². The van der Waals surface area contributed by atoms with Crippen LogP contribution in [-0.4, -0.2) is 35.9 Å². The molecule has 1 fully saturated rings. The summed E-state index contributed by atoms with van der Waals surface area (Å²) in [6.07, 6.45) is 7.60. The Hall–Kier alpha value is -1.92. The van der Waals surface area contributed by atoms with E-state index < -0.39 is 0 Å². The Balaban J connectivity index is 1.61. The molecule has 1 N–H and O–H groups in total. The second kappa shape index (κ2) is 9.48. The quantitative estimate of drug-likeness (QED) is 0.424. The zero-order valence-corrected chi connectivity index (χ0v) is 18.3. The highest BCUT2D eigenvalue weighted by atomic mass is 32.2. The van der Waals surface area contributed by atoms with Crippen molar-refractivity contribution in [2.24, 2.45) is 0 Å². The van der Waals surface area contributed by atoms with E-state index in [1.54, 1.807) is 17.8 Å². The van der Waals surface area contributed by atoms with Crippen LogP contribution in [0.1, 0.15) is 49.3 Å². The van der Waals surface area contributed by atoms with E-state index >= 15 is 0 Å². The monoisotopic (exact) mass is 425 g/mol. The minimum atomic E-state index is -0.238. The molecule has 0 aromatic heterocycles. The summed E-state index contributed by atoms with van der Waals surface area (Å²) in [5.41, 5.74) is 6.45. The first-order valence-corrected chi connectivity index (χ1v) is 11.7. The minimum absolute atomic E-state index is 0.235. The van der Waals surface area contributed by atoms with Crippen LogP contribution < -0.4 is 0 Å². The summed E-state index contributed by atoms with van der Waals surface area (Å²) in [5.74, 6) is -0.235. The van der Waals surface area contributed by atoms with Crippen LogP contribution in [0, 0.1) is 5.82 Å². The van der Waals surface area contributed by atoms with E-state index in [9.17, 15) is 9.60 Å². The van der Waals surface area contributed by atoms with E-state index in [1.807, 2.05) is 6.07 Å². The number of rotatable bonds is 6. The van der Waals surface area contributed by atoms with Crippen molar-refractivity contribution in [3.63, 3.8) is 0 Å². The van der Waals surface area contributed by atoms with Gasteiger partial charge in [-0.1, -0.05) is 18.2 Å². The summed E-state index contributed by atoms with van der Waals surface area (Å²) in [6, 6.07) is 13.5. The van der Waals surface area contributed by atoms with Crippen molar-refractivity contribution < 1.29 is 14.3 Å². The second-order valence-electron chi connectivity index (χ2n) is 7.86. The van der Waals surface area contributed by atoms with Crippen LogP contribution in [0.5, 0.6) is 0 Å². The average Bonchev–Trinajstić information content (AvgIpc) is 3.03. The zero-order valence-electron chi connectivity index (χ0n) is 17.5. The molecule has 158 valence electrons. The fourth-order valence-corrected chi connectivity index (χ4v) is 4.68. The lowest BCUT2D eigenvalue weighted by atomic mass is 10.0. The molecule has 1 heterocycles. The van der Waals surface area contributed by atoms with Gasteiger partial charge in [0.1, 0.15) is 12.0 Å². The smallest absolute Gasteiger partial charge is 0.132 e. The third-order valence-electron chi connectivity index (χ3n) is 5.96. The predicted octanol–water partition coefficient (Wildman–Crippen LogP) is 6.48. The van der Waals surface area contributed by atoms with Gasteiger partial charge in [-0.15, -0.1) is 11.8 Å². The molecule has 2 aromatic carbocycles. The number of hydrogen-bond acceptors (Lipinski definition) is 4. The van der Waals surface area contributed by atoms with Crippen LogP contribution in [0.2, 0.25) is 0 Å². The van der Waals surface area contributed by atoms with Crippen molar-refractivity contribution in [2.45, 2.75) is 43.7 Å². The highest BCUT2D eigenvalue weighted by Gasteiger charge is 2.26. The lowest BCUT2D eigenvalue weighted by Crippen LogP contribution is -2.37. The number of fused-ring (bicyclic) bond motifs is 1. The van der Waals surface area contributed by atoms with Crippen molar-refractivity contribution in [1.29, 1.82) is 0 Å². The van der Waals surface area contributed by atoms with E-state index in [4.69, 9.17) is 4.74 Å². The standard InChI is InChI=1S/C25H28FNO2S/c1-17-21(12-13-27(28)25-5-3-4-14-29-25)24-16-19(26)8-11-22(24)23(17)15-18-6-9-20(30-2)10-7-18/h6-11,15-16,25,28H,3-5,12-14H2,1-2H3. The maximum Gasteiger partial charge on any atom is 0.132 e. The molecule has 3 nitrogen and oxygen atoms in total. The molecule has 0 bridgehead atoms. The number of halogens is 1. The first kappa shape index (κ1) is 21.3. The third kappa shape index (κ3) is 4.54. The van der Waals surface area contributed by atoms with Gasteiger partial charge in [0.25, 0.3) is 0 Å². The Morgan fingerprint density at radius 1 is 1.17 bits per heavy atom. The molecule has 1 saturated heterocycles. The minimum Gasteiger partial charge on any atom is -0.361 e. The third-order valence-corrected chi connectivity index (χ3v) is 6.70. The topological polar surface area (TPSA) is 32.7 Å². The molecule has 30 heavy (non-hydrogen) atoms. The van der Waals surface area contributed by atoms with Crippen LogP contribution in [0.4, 0.5) is 4.39 Å². The highest BCUT2D eigenvalue weighted by Crippen LogP contribution is 2.44. The first-order valence-electron chi connectivity index (χ1n) is 10.5. The molecule has 0 spiro atoms. The number of nitrogens with zero attached hydrogens (tertiary/aromatic N) is 1. The Labute approximate surface area is 182 Å². The number of ether oxygens (including phenoxy) is 1. The highest BCUT2D eigenvalue weighted by molar-refractivity contribution is 7.98. The molecule has 1 aliphatic heterocycles. The average molecular weight is 426 g/mol. The normalized spacial score (nSPS) is 20.3. The molecule has 1 atom stereocenters.